The molecule has 1 unspecified atom stereocenters. The molecule has 0 amide bonds. The number of nitrogens with one attached hydrogen (secondary N) is 1. The van der Waals surface area contributed by atoms with Crippen LogP contribution in [0.3, 0.4) is 0 Å². The quantitative estimate of drug-likeness (QED) is 0.866. The zero-order valence-electron chi connectivity index (χ0n) is 9.59. The van der Waals surface area contributed by atoms with Crippen molar-refractivity contribution in [2.75, 3.05) is 26.7 Å². The van der Waals surface area contributed by atoms with E-state index in [1.54, 1.807) is 11.3 Å². The first kappa shape index (κ1) is 13.2. The summed E-state index contributed by atoms with van der Waals surface area (Å²) in [5.74, 6) is 0. The van der Waals surface area contributed by atoms with Crippen molar-refractivity contribution >= 4 is 27.3 Å². The van der Waals surface area contributed by atoms with Crippen LogP contribution < -0.4 is 5.32 Å². The number of hydrogen-bond donors (Lipinski definition) is 1. The summed E-state index contributed by atoms with van der Waals surface area (Å²) in [6.07, 6.45) is 0. The molecule has 2 nitrogen and oxygen atoms in total. The number of nitrogens with zero attached hydrogens (tertiary/aromatic N) is 1. The van der Waals surface area contributed by atoms with Crippen molar-refractivity contribution in [3.63, 3.8) is 0 Å². The van der Waals surface area contributed by atoms with Crippen LogP contribution in [0.15, 0.2) is 15.9 Å². The molecule has 0 aliphatic carbocycles. The first-order valence-corrected chi connectivity index (χ1v) is 6.96. The maximum absolute atomic E-state index is 3.53. The molecular weight excluding hydrogens is 272 g/mol. The Morgan fingerprint density at radius 2 is 2.33 bits per heavy atom. The average molecular weight is 291 g/mol. The zero-order valence-corrected chi connectivity index (χ0v) is 12.0. The van der Waals surface area contributed by atoms with Gasteiger partial charge in [-0.3, -0.25) is 0 Å². The Bertz CT molecular complexity index is 288. The largest absolute Gasteiger partial charge is 0.308 e. The zero-order chi connectivity index (χ0) is 11.3. The summed E-state index contributed by atoms with van der Waals surface area (Å²) < 4.78 is 1.18. The lowest BCUT2D eigenvalue weighted by Crippen LogP contribution is -2.30. The van der Waals surface area contributed by atoms with Gasteiger partial charge in [0.2, 0.25) is 0 Å². The molecule has 1 heterocycles. The predicted molar refractivity (Wildman–Crippen MR) is 71.6 cm³/mol. The fourth-order valence-corrected chi connectivity index (χ4v) is 2.76. The van der Waals surface area contributed by atoms with Crippen molar-refractivity contribution in [3.8, 4) is 0 Å². The molecule has 4 heteroatoms. The average Bonchev–Trinajstić information content (AvgIpc) is 2.64. The van der Waals surface area contributed by atoms with Crippen LogP contribution in [0.4, 0.5) is 0 Å². The van der Waals surface area contributed by atoms with Gasteiger partial charge in [-0.2, -0.15) is 0 Å². The van der Waals surface area contributed by atoms with Crippen LogP contribution in [0, 0.1) is 0 Å². The number of thiophene rings is 1. The van der Waals surface area contributed by atoms with Crippen molar-refractivity contribution in [2.45, 2.75) is 19.9 Å². The number of likely N-dealkylation sites (N-methyl/N-ethyl adjacent to an activating group) is 1. The molecule has 0 spiro atoms. The lowest BCUT2D eigenvalue weighted by molar-refractivity contribution is 0.343. The molecule has 0 aliphatic rings. The highest BCUT2D eigenvalue weighted by Crippen LogP contribution is 2.24. The SMILES string of the molecule is CCN(C)CCNC(C)c1cc(Br)cs1. The molecule has 1 N–H and O–H groups in total. The van der Waals surface area contributed by atoms with Crippen LogP contribution in [0.1, 0.15) is 24.8 Å². The van der Waals surface area contributed by atoms with Gasteiger partial charge in [-0.1, -0.05) is 6.92 Å². The number of rotatable bonds is 6. The summed E-state index contributed by atoms with van der Waals surface area (Å²) in [5.41, 5.74) is 0. The van der Waals surface area contributed by atoms with E-state index in [0.717, 1.165) is 19.6 Å². The Morgan fingerprint density at radius 1 is 1.60 bits per heavy atom. The highest BCUT2D eigenvalue weighted by Gasteiger charge is 2.06. The van der Waals surface area contributed by atoms with Crippen LogP contribution in [-0.4, -0.2) is 31.6 Å². The fourth-order valence-electron chi connectivity index (χ4n) is 1.29. The second-order valence-corrected chi connectivity index (χ2v) is 5.60. The van der Waals surface area contributed by atoms with E-state index >= 15 is 0 Å². The van der Waals surface area contributed by atoms with Gasteiger partial charge in [0.15, 0.2) is 0 Å². The smallest absolute Gasteiger partial charge is 0.0386 e. The molecule has 1 aromatic heterocycles. The summed E-state index contributed by atoms with van der Waals surface area (Å²) >= 11 is 5.28. The maximum Gasteiger partial charge on any atom is 0.0386 e. The Kier molecular flexibility index (Phi) is 5.82. The molecule has 1 rings (SSSR count). The lowest BCUT2D eigenvalue weighted by atomic mass is 10.3. The third kappa shape index (κ3) is 4.64. The van der Waals surface area contributed by atoms with Crippen LogP contribution >= 0.6 is 27.3 Å². The third-order valence-corrected chi connectivity index (χ3v) is 4.37. The summed E-state index contributed by atoms with van der Waals surface area (Å²) in [6, 6.07) is 2.64. The number of halogens is 1. The van der Waals surface area contributed by atoms with Crippen molar-refractivity contribution in [1.82, 2.24) is 10.2 Å². The topological polar surface area (TPSA) is 15.3 Å². The van der Waals surface area contributed by atoms with Gasteiger partial charge in [-0.25, -0.2) is 0 Å². The van der Waals surface area contributed by atoms with E-state index < -0.39 is 0 Å². The standard InChI is InChI=1S/C11H19BrN2S/c1-4-14(3)6-5-13-9(2)11-7-10(12)8-15-11/h7-9,13H,4-6H2,1-3H3. The molecule has 0 bridgehead atoms. The summed E-state index contributed by atoms with van der Waals surface area (Å²) in [7, 11) is 2.15. The molecule has 0 saturated carbocycles. The molecule has 0 radical (unpaired) electrons. The second-order valence-electron chi connectivity index (χ2n) is 3.74. The second kappa shape index (κ2) is 6.63. The molecule has 15 heavy (non-hydrogen) atoms. The summed E-state index contributed by atoms with van der Waals surface area (Å²) in [4.78, 5) is 3.70. The van der Waals surface area contributed by atoms with E-state index in [1.807, 2.05) is 0 Å². The lowest BCUT2D eigenvalue weighted by Gasteiger charge is -2.17. The van der Waals surface area contributed by atoms with Gasteiger partial charge < -0.3 is 10.2 Å². The van der Waals surface area contributed by atoms with E-state index in [2.05, 4.69) is 58.5 Å². The van der Waals surface area contributed by atoms with Crippen LogP contribution in [0.2, 0.25) is 0 Å². The molecule has 1 atom stereocenters. The van der Waals surface area contributed by atoms with Gasteiger partial charge in [-0.05, 0) is 42.5 Å². The van der Waals surface area contributed by atoms with E-state index in [1.165, 1.54) is 9.35 Å². The first-order chi connectivity index (χ1) is 7.13. The van der Waals surface area contributed by atoms with Crippen molar-refractivity contribution in [1.29, 1.82) is 0 Å². The van der Waals surface area contributed by atoms with Gasteiger partial charge in [0.05, 0.1) is 0 Å². The molecule has 0 aromatic carbocycles. The first-order valence-electron chi connectivity index (χ1n) is 5.29. The minimum atomic E-state index is 0.451. The fraction of sp³-hybridized carbons (Fsp3) is 0.636. The van der Waals surface area contributed by atoms with Gasteiger partial charge >= 0.3 is 0 Å². The highest BCUT2D eigenvalue weighted by molar-refractivity contribution is 9.10. The Hall–Kier alpha value is 0.1000. The third-order valence-electron chi connectivity index (χ3n) is 2.50. The maximum atomic E-state index is 3.53. The van der Waals surface area contributed by atoms with Crippen LogP contribution in [0.5, 0.6) is 0 Å². The molecular formula is C11H19BrN2S. The van der Waals surface area contributed by atoms with E-state index in [4.69, 9.17) is 0 Å². The van der Waals surface area contributed by atoms with Gasteiger partial charge in [-0.15, -0.1) is 11.3 Å². The van der Waals surface area contributed by atoms with E-state index in [0.29, 0.717) is 6.04 Å². The van der Waals surface area contributed by atoms with Crippen molar-refractivity contribution < 1.29 is 0 Å². The Labute approximate surface area is 105 Å². The molecule has 1 aromatic rings. The van der Waals surface area contributed by atoms with Gasteiger partial charge in [0, 0.05) is 33.9 Å². The summed E-state index contributed by atoms with van der Waals surface area (Å²) in [5, 5.41) is 5.66. The van der Waals surface area contributed by atoms with Crippen molar-refractivity contribution in [3.05, 3.63) is 20.8 Å². The molecule has 0 saturated heterocycles. The Morgan fingerprint density at radius 3 is 2.87 bits per heavy atom. The van der Waals surface area contributed by atoms with Crippen LogP contribution in [0.25, 0.3) is 0 Å². The normalized spacial score (nSPS) is 13.4. The van der Waals surface area contributed by atoms with E-state index in [-0.39, 0.29) is 0 Å². The van der Waals surface area contributed by atoms with Crippen molar-refractivity contribution in [2.24, 2.45) is 0 Å². The molecule has 86 valence electrons. The van der Waals surface area contributed by atoms with E-state index in [9.17, 15) is 0 Å². The monoisotopic (exact) mass is 290 g/mol. The predicted octanol–water partition coefficient (Wildman–Crippen LogP) is 3.11. The molecule has 0 fully saturated rings. The van der Waals surface area contributed by atoms with Gasteiger partial charge in [0.25, 0.3) is 0 Å². The molecule has 0 aliphatic heterocycles. The summed E-state index contributed by atoms with van der Waals surface area (Å²) in [6.45, 7) is 7.65. The minimum absolute atomic E-state index is 0.451. The van der Waals surface area contributed by atoms with Crippen LogP contribution in [-0.2, 0) is 0 Å². The Balaban J connectivity index is 2.27. The highest BCUT2D eigenvalue weighted by atomic mass is 79.9. The number of hydrogen-bond acceptors (Lipinski definition) is 3. The van der Waals surface area contributed by atoms with Gasteiger partial charge in [0.1, 0.15) is 0 Å². The minimum Gasteiger partial charge on any atom is -0.308 e.